The number of amides is 1. The smallest absolute Gasteiger partial charge is 0.344 e. The second-order valence-corrected chi connectivity index (χ2v) is 6.12. The summed E-state index contributed by atoms with van der Waals surface area (Å²) >= 11 is 0. The molecule has 2 rings (SSSR count). The molecule has 1 amide bonds. The van der Waals surface area contributed by atoms with Crippen molar-refractivity contribution < 1.29 is 18.8 Å². The van der Waals surface area contributed by atoms with Crippen molar-refractivity contribution in [2.45, 2.75) is 65.5 Å². The highest BCUT2D eigenvalue weighted by molar-refractivity contribution is 5.93. The van der Waals surface area contributed by atoms with E-state index in [-0.39, 0.29) is 11.9 Å². The molecule has 1 heterocycles. The first-order valence-electron chi connectivity index (χ1n) is 7.84. The molecule has 1 fully saturated rings. The van der Waals surface area contributed by atoms with Crippen LogP contribution in [-0.4, -0.2) is 29.2 Å². The monoisotopic (exact) mass is 308 g/mol. The van der Waals surface area contributed by atoms with Crippen molar-refractivity contribution in [2.75, 3.05) is 0 Å². The number of carbonyl (C=O) groups excluding carboxylic acids is 2. The van der Waals surface area contributed by atoms with Gasteiger partial charge in [0.05, 0.1) is 5.69 Å². The summed E-state index contributed by atoms with van der Waals surface area (Å²) in [5.41, 5.74) is 0.765. The van der Waals surface area contributed by atoms with Crippen LogP contribution in [0, 0.1) is 19.8 Å². The van der Waals surface area contributed by atoms with E-state index < -0.39 is 12.1 Å². The van der Waals surface area contributed by atoms with E-state index in [9.17, 15) is 9.59 Å². The maximum Gasteiger partial charge on any atom is 0.344 e. The lowest BCUT2D eigenvalue weighted by molar-refractivity contribution is -0.130. The molecule has 0 aromatic carbocycles. The van der Waals surface area contributed by atoms with Gasteiger partial charge in [0, 0.05) is 6.04 Å². The number of ether oxygens (including phenoxy) is 1. The molecule has 22 heavy (non-hydrogen) atoms. The molecule has 122 valence electrons. The van der Waals surface area contributed by atoms with Crippen LogP contribution < -0.4 is 5.32 Å². The summed E-state index contributed by atoms with van der Waals surface area (Å²) < 4.78 is 10.2. The van der Waals surface area contributed by atoms with Gasteiger partial charge in [-0.15, -0.1) is 0 Å². The van der Waals surface area contributed by atoms with Crippen LogP contribution in [-0.2, 0) is 9.53 Å². The average molecular weight is 308 g/mol. The summed E-state index contributed by atoms with van der Waals surface area (Å²) in [5.74, 6) is 0.0358. The van der Waals surface area contributed by atoms with E-state index >= 15 is 0 Å². The normalized spacial score (nSPS) is 22.9. The van der Waals surface area contributed by atoms with Crippen LogP contribution in [0.4, 0.5) is 0 Å². The maximum absolute atomic E-state index is 12.2. The standard InChI is InChI=1S/C16H24N2O4/c1-9-7-5-6-8-13(9)17-15(19)12(4)21-16(20)14-10(2)18-22-11(14)3/h9,12-13H,5-8H2,1-4H3,(H,17,19)/t9-,12+,13-/m0/s1. The molecule has 1 saturated carbocycles. The Bertz CT molecular complexity index is 533. The Balaban J connectivity index is 1.92. The van der Waals surface area contributed by atoms with E-state index in [1.54, 1.807) is 20.8 Å². The topological polar surface area (TPSA) is 81.4 Å². The van der Waals surface area contributed by atoms with Gasteiger partial charge in [-0.3, -0.25) is 4.79 Å². The van der Waals surface area contributed by atoms with Gasteiger partial charge in [-0.1, -0.05) is 24.9 Å². The van der Waals surface area contributed by atoms with Gasteiger partial charge >= 0.3 is 5.97 Å². The van der Waals surface area contributed by atoms with Crippen LogP contribution in [0.2, 0.25) is 0 Å². The quantitative estimate of drug-likeness (QED) is 0.864. The average Bonchev–Trinajstić information content (AvgIpc) is 2.80. The number of aromatic nitrogens is 1. The Morgan fingerprint density at radius 1 is 1.32 bits per heavy atom. The number of esters is 1. The molecule has 1 N–H and O–H groups in total. The molecule has 0 aliphatic heterocycles. The van der Waals surface area contributed by atoms with Crippen LogP contribution in [0.15, 0.2) is 4.52 Å². The van der Waals surface area contributed by atoms with E-state index in [2.05, 4.69) is 17.4 Å². The third-order valence-electron chi connectivity index (χ3n) is 4.33. The Hall–Kier alpha value is -1.85. The predicted molar refractivity (Wildman–Crippen MR) is 80.4 cm³/mol. The van der Waals surface area contributed by atoms with E-state index in [1.807, 2.05) is 0 Å². The Morgan fingerprint density at radius 2 is 2.00 bits per heavy atom. The number of carbonyl (C=O) groups is 2. The Morgan fingerprint density at radius 3 is 2.59 bits per heavy atom. The Kier molecular flexibility index (Phi) is 5.21. The van der Waals surface area contributed by atoms with Crippen molar-refractivity contribution in [2.24, 2.45) is 5.92 Å². The highest BCUT2D eigenvalue weighted by Crippen LogP contribution is 2.24. The van der Waals surface area contributed by atoms with E-state index in [0.29, 0.717) is 22.9 Å². The van der Waals surface area contributed by atoms with Crippen molar-refractivity contribution in [1.82, 2.24) is 10.5 Å². The molecule has 0 unspecified atom stereocenters. The molecule has 1 aromatic rings. The van der Waals surface area contributed by atoms with Crippen LogP contribution in [0.3, 0.4) is 0 Å². The highest BCUT2D eigenvalue weighted by atomic mass is 16.5. The molecule has 0 bridgehead atoms. The van der Waals surface area contributed by atoms with E-state index in [1.165, 1.54) is 6.42 Å². The van der Waals surface area contributed by atoms with Gasteiger partial charge in [-0.05, 0) is 39.5 Å². The van der Waals surface area contributed by atoms with Gasteiger partial charge in [0.1, 0.15) is 11.3 Å². The minimum atomic E-state index is -0.838. The molecule has 3 atom stereocenters. The predicted octanol–water partition coefficient (Wildman–Crippen LogP) is 2.53. The summed E-state index contributed by atoms with van der Waals surface area (Å²) in [6, 6.07) is 0.168. The van der Waals surface area contributed by atoms with Gasteiger partial charge in [0.15, 0.2) is 6.10 Å². The summed E-state index contributed by atoms with van der Waals surface area (Å²) in [6.45, 7) is 7.04. The number of hydrogen-bond acceptors (Lipinski definition) is 5. The SMILES string of the molecule is Cc1noc(C)c1C(=O)O[C@H](C)C(=O)N[C@H]1CCCC[C@@H]1C. The number of rotatable bonds is 4. The van der Waals surface area contributed by atoms with Crippen molar-refractivity contribution in [3.8, 4) is 0 Å². The molecule has 0 radical (unpaired) electrons. The largest absolute Gasteiger partial charge is 0.449 e. The van der Waals surface area contributed by atoms with Gasteiger partial charge in [-0.2, -0.15) is 0 Å². The van der Waals surface area contributed by atoms with Crippen molar-refractivity contribution >= 4 is 11.9 Å². The zero-order chi connectivity index (χ0) is 16.3. The van der Waals surface area contributed by atoms with Crippen LogP contribution >= 0.6 is 0 Å². The number of nitrogens with one attached hydrogen (secondary N) is 1. The van der Waals surface area contributed by atoms with Crippen molar-refractivity contribution in [3.63, 3.8) is 0 Å². The van der Waals surface area contributed by atoms with Crippen molar-refractivity contribution in [3.05, 3.63) is 17.0 Å². The molecule has 1 aromatic heterocycles. The first kappa shape index (κ1) is 16.5. The third-order valence-corrected chi connectivity index (χ3v) is 4.33. The third kappa shape index (κ3) is 3.67. The maximum atomic E-state index is 12.2. The summed E-state index contributed by atoms with van der Waals surface area (Å²) in [4.78, 5) is 24.3. The molecule has 6 nitrogen and oxygen atoms in total. The van der Waals surface area contributed by atoms with Gasteiger partial charge in [0.25, 0.3) is 5.91 Å². The Labute approximate surface area is 130 Å². The summed E-state index contributed by atoms with van der Waals surface area (Å²) in [6.07, 6.45) is 3.61. The molecule has 6 heteroatoms. The molecule has 0 saturated heterocycles. The van der Waals surface area contributed by atoms with Crippen LogP contribution in [0.1, 0.15) is 61.3 Å². The van der Waals surface area contributed by atoms with Crippen LogP contribution in [0.25, 0.3) is 0 Å². The van der Waals surface area contributed by atoms with Gasteiger partial charge in [-0.25, -0.2) is 4.79 Å². The zero-order valence-electron chi connectivity index (χ0n) is 13.6. The molecule has 0 spiro atoms. The first-order valence-corrected chi connectivity index (χ1v) is 7.84. The second kappa shape index (κ2) is 6.94. The first-order chi connectivity index (χ1) is 10.4. The lowest BCUT2D eigenvalue weighted by atomic mass is 9.86. The van der Waals surface area contributed by atoms with E-state index in [4.69, 9.17) is 9.26 Å². The molecule has 1 aliphatic carbocycles. The fraction of sp³-hybridized carbons (Fsp3) is 0.688. The lowest BCUT2D eigenvalue weighted by Crippen LogP contribution is -2.46. The fourth-order valence-corrected chi connectivity index (χ4v) is 2.88. The molecule has 1 aliphatic rings. The number of hydrogen-bond donors (Lipinski definition) is 1. The summed E-state index contributed by atoms with van der Waals surface area (Å²) in [7, 11) is 0. The molecular weight excluding hydrogens is 284 g/mol. The number of aryl methyl sites for hydroxylation is 2. The fourth-order valence-electron chi connectivity index (χ4n) is 2.88. The van der Waals surface area contributed by atoms with Crippen LogP contribution in [0.5, 0.6) is 0 Å². The van der Waals surface area contributed by atoms with Gasteiger partial charge < -0.3 is 14.6 Å². The summed E-state index contributed by atoms with van der Waals surface area (Å²) in [5, 5.41) is 6.71. The number of nitrogens with zero attached hydrogens (tertiary/aromatic N) is 1. The minimum absolute atomic E-state index is 0.168. The zero-order valence-corrected chi connectivity index (χ0v) is 13.6. The highest BCUT2D eigenvalue weighted by Gasteiger charge is 2.28. The van der Waals surface area contributed by atoms with Gasteiger partial charge in [0.2, 0.25) is 0 Å². The van der Waals surface area contributed by atoms with Crippen molar-refractivity contribution in [1.29, 1.82) is 0 Å². The minimum Gasteiger partial charge on any atom is -0.449 e. The van der Waals surface area contributed by atoms with E-state index in [0.717, 1.165) is 19.3 Å². The second-order valence-electron chi connectivity index (χ2n) is 6.12. The molecular formula is C16H24N2O4. The lowest BCUT2D eigenvalue weighted by Gasteiger charge is -2.30.